The van der Waals surface area contributed by atoms with E-state index in [9.17, 15) is 0 Å². The molecule has 0 amide bonds. The summed E-state index contributed by atoms with van der Waals surface area (Å²) in [6.07, 6.45) is 0. The van der Waals surface area contributed by atoms with Gasteiger partial charge in [0.15, 0.2) is 0 Å². The van der Waals surface area contributed by atoms with Gasteiger partial charge >= 0.3 is 0 Å². The van der Waals surface area contributed by atoms with Crippen molar-refractivity contribution in [3.05, 3.63) is 24.3 Å². The predicted molar refractivity (Wildman–Crippen MR) is 62.0 cm³/mol. The first kappa shape index (κ1) is 9.15. The second-order valence-corrected chi connectivity index (χ2v) is 4.19. The van der Waals surface area contributed by atoms with Crippen LogP contribution in [0.25, 0.3) is 10.2 Å². The predicted octanol–water partition coefficient (Wildman–Crippen LogP) is 3.10. The number of hydrazone groups is 1. The van der Waals surface area contributed by atoms with Crippen LogP contribution in [-0.2, 0) is 0 Å². The van der Waals surface area contributed by atoms with Crippen LogP contribution in [0.2, 0.25) is 0 Å². The van der Waals surface area contributed by atoms with E-state index in [0.29, 0.717) is 0 Å². The van der Waals surface area contributed by atoms with Crippen molar-refractivity contribution >= 4 is 32.4 Å². The van der Waals surface area contributed by atoms with Crippen molar-refractivity contribution in [3.8, 4) is 0 Å². The molecule has 0 unspecified atom stereocenters. The van der Waals surface area contributed by atoms with Gasteiger partial charge in [0, 0.05) is 5.71 Å². The number of aromatic nitrogens is 1. The molecule has 72 valence electrons. The topological polar surface area (TPSA) is 37.3 Å². The van der Waals surface area contributed by atoms with Crippen molar-refractivity contribution in [1.29, 1.82) is 0 Å². The molecule has 0 bridgehead atoms. The van der Waals surface area contributed by atoms with Gasteiger partial charge in [-0.15, -0.1) is 0 Å². The molecule has 0 radical (unpaired) electrons. The Kier molecular flexibility index (Phi) is 2.45. The van der Waals surface area contributed by atoms with Crippen LogP contribution in [0.1, 0.15) is 13.8 Å². The van der Waals surface area contributed by atoms with Gasteiger partial charge in [0.1, 0.15) is 0 Å². The zero-order valence-corrected chi connectivity index (χ0v) is 8.93. The van der Waals surface area contributed by atoms with E-state index < -0.39 is 0 Å². The Morgan fingerprint density at radius 2 is 2.14 bits per heavy atom. The molecule has 1 heterocycles. The van der Waals surface area contributed by atoms with Crippen molar-refractivity contribution in [2.45, 2.75) is 13.8 Å². The van der Waals surface area contributed by atoms with Crippen LogP contribution < -0.4 is 5.43 Å². The van der Waals surface area contributed by atoms with Gasteiger partial charge in [-0.2, -0.15) is 5.10 Å². The van der Waals surface area contributed by atoms with Crippen LogP contribution in [0.4, 0.5) is 5.13 Å². The number of benzene rings is 1. The molecule has 4 heteroatoms. The van der Waals surface area contributed by atoms with Gasteiger partial charge < -0.3 is 0 Å². The number of nitrogens with zero attached hydrogens (tertiary/aromatic N) is 2. The summed E-state index contributed by atoms with van der Waals surface area (Å²) in [7, 11) is 0. The molecule has 0 fully saturated rings. The molecule has 3 nitrogen and oxygen atoms in total. The van der Waals surface area contributed by atoms with Crippen molar-refractivity contribution in [2.24, 2.45) is 5.10 Å². The van der Waals surface area contributed by atoms with Gasteiger partial charge in [-0.25, -0.2) is 4.98 Å². The van der Waals surface area contributed by atoms with E-state index in [1.54, 1.807) is 11.3 Å². The molecular weight excluding hydrogens is 194 g/mol. The second-order valence-electron chi connectivity index (χ2n) is 3.16. The minimum atomic E-state index is 0.840. The number of thiazole rings is 1. The number of nitrogens with one attached hydrogen (secondary N) is 1. The molecule has 0 aliphatic rings. The van der Waals surface area contributed by atoms with Gasteiger partial charge in [-0.1, -0.05) is 23.5 Å². The lowest BCUT2D eigenvalue weighted by Crippen LogP contribution is -1.91. The smallest absolute Gasteiger partial charge is 0.204 e. The number of anilines is 1. The molecule has 1 N–H and O–H groups in total. The summed E-state index contributed by atoms with van der Waals surface area (Å²) >= 11 is 1.61. The highest BCUT2D eigenvalue weighted by Crippen LogP contribution is 2.25. The molecule has 1 aromatic heterocycles. The molecule has 0 aliphatic carbocycles. The van der Waals surface area contributed by atoms with Crippen LogP contribution in [0, 0.1) is 0 Å². The van der Waals surface area contributed by atoms with Crippen LogP contribution in [0.3, 0.4) is 0 Å². The highest BCUT2D eigenvalue weighted by molar-refractivity contribution is 7.22. The summed E-state index contributed by atoms with van der Waals surface area (Å²) in [5.74, 6) is 0. The van der Waals surface area contributed by atoms with Gasteiger partial charge in [-0.3, -0.25) is 5.43 Å². The lowest BCUT2D eigenvalue weighted by atomic mass is 10.3. The SMILES string of the molecule is CC(C)=NNc1nc2ccccc2s1. The molecule has 0 saturated carbocycles. The van der Waals surface area contributed by atoms with E-state index >= 15 is 0 Å². The Morgan fingerprint density at radius 3 is 2.86 bits per heavy atom. The van der Waals surface area contributed by atoms with Crippen LogP contribution in [-0.4, -0.2) is 10.7 Å². The number of fused-ring (bicyclic) bond motifs is 1. The first-order valence-corrected chi connectivity index (χ1v) is 5.20. The normalized spacial score (nSPS) is 10.1. The first-order valence-electron chi connectivity index (χ1n) is 4.38. The number of rotatable bonds is 2. The van der Waals surface area contributed by atoms with Gasteiger partial charge in [0.25, 0.3) is 0 Å². The zero-order valence-electron chi connectivity index (χ0n) is 8.11. The molecule has 0 saturated heterocycles. The molecule has 2 aromatic rings. The molecule has 0 spiro atoms. The molecular formula is C10H11N3S. The van der Waals surface area contributed by atoms with E-state index in [2.05, 4.69) is 21.6 Å². The minimum absolute atomic E-state index is 0.840. The Morgan fingerprint density at radius 1 is 1.36 bits per heavy atom. The third kappa shape index (κ3) is 1.90. The summed E-state index contributed by atoms with van der Waals surface area (Å²) in [4.78, 5) is 4.38. The van der Waals surface area contributed by atoms with Crippen LogP contribution in [0.15, 0.2) is 29.4 Å². The van der Waals surface area contributed by atoms with Gasteiger partial charge in [0.05, 0.1) is 10.2 Å². The van der Waals surface area contributed by atoms with Crippen molar-refractivity contribution < 1.29 is 0 Å². The van der Waals surface area contributed by atoms with Crippen molar-refractivity contribution in [1.82, 2.24) is 4.98 Å². The fourth-order valence-electron chi connectivity index (χ4n) is 1.08. The van der Waals surface area contributed by atoms with Gasteiger partial charge in [-0.05, 0) is 26.0 Å². The third-order valence-corrected chi connectivity index (χ3v) is 2.61. The summed E-state index contributed by atoms with van der Waals surface area (Å²) in [6.45, 7) is 3.89. The maximum Gasteiger partial charge on any atom is 0.204 e. The summed E-state index contributed by atoms with van der Waals surface area (Å²) in [5, 5.41) is 4.94. The first-order chi connectivity index (χ1) is 6.75. The monoisotopic (exact) mass is 205 g/mol. The Balaban J connectivity index is 2.31. The minimum Gasteiger partial charge on any atom is -0.253 e. The molecule has 0 aliphatic heterocycles. The quantitative estimate of drug-likeness (QED) is 0.604. The van der Waals surface area contributed by atoms with Crippen molar-refractivity contribution in [3.63, 3.8) is 0 Å². The van der Waals surface area contributed by atoms with E-state index in [0.717, 1.165) is 16.4 Å². The lowest BCUT2D eigenvalue weighted by Gasteiger charge is -1.92. The van der Waals surface area contributed by atoms with E-state index in [4.69, 9.17) is 0 Å². The lowest BCUT2D eigenvalue weighted by molar-refractivity contribution is 1.29. The highest BCUT2D eigenvalue weighted by atomic mass is 32.1. The summed E-state index contributed by atoms with van der Waals surface area (Å²) in [6, 6.07) is 8.05. The molecule has 2 rings (SSSR count). The average Bonchev–Trinajstić information content (AvgIpc) is 2.57. The maximum absolute atomic E-state index is 4.38. The fourth-order valence-corrected chi connectivity index (χ4v) is 1.89. The fraction of sp³-hybridized carbons (Fsp3) is 0.200. The van der Waals surface area contributed by atoms with Crippen LogP contribution in [0.5, 0.6) is 0 Å². The highest BCUT2D eigenvalue weighted by Gasteiger charge is 2.00. The van der Waals surface area contributed by atoms with E-state index in [-0.39, 0.29) is 0 Å². The summed E-state index contributed by atoms with van der Waals surface area (Å²) < 4.78 is 1.18. The molecule has 1 aromatic carbocycles. The second kappa shape index (κ2) is 3.75. The zero-order chi connectivity index (χ0) is 9.97. The van der Waals surface area contributed by atoms with Crippen molar-refractivity contribution in [2.75, 3.05) is 5.43 Å². The average molecular weight is 205 g/mol. The number of hydrogen-bond donors (Lipinski definition) is 1. The molecule has 14 heavy (non-hydrogen) atoms. The van der Waals surface area contributed by atoms with Gasteiger partial charge in [0.2, 0.25) is 5.13 Å². The summed E-state index contributed by atoms with van der Waals surface area (Å²) in [5.41, 5.74) is 4.94. The van der Waals surface area contributed by atoms with E-state index in [1.807, 2.05) is 32.0 Å². The largest absolute Gasteiger partial charge is 0.253 e. The Hall–Kier alpha value is -1.42. The Labute approximate surface area is 86.5 Å². The maximum atomic E-state index is 4.38. The van der Waals surface area contributed by atoms with Crippen LogP contribution >= 0.6 is 11.3 Å². The standard InChI is InChI=1S/C10H11N3S/c1-7(2)12-13-10-11-8-5-3-4-6-9(8)14-10/h3-6H,1-2H3,(H,11,13). The third-order valence-electron chi connectivity index (χ3n) is 1.67. The van der Waals surface area contributed by atoms with E-state index in [1.165, 1.54) is 4.70 Å². The Bertz CT molecular complexity index is 436. The number of hydrogen-bond acceptors (Lipinski definition) is 4. The number of para-hydroxylation sites is 1. The molecule has 0 atom stereocenters.